The maximum absolute atomic E-state index is 12.3. The Morgan fingerprint density at radius 2 is 1.79 bits per heavy atom. The van der Waals surface area contributed by atoms with Crippen molar-refractivity contribution in [3.63, 3.8) is 0 Å². The third kappa shape index (κ3) is 5.11. The van der Waals surface area contributed by atoms with Gasteiger partial charge in [-0.15, -0.1) is 0 Å². The summed E-state index contributed by atoms with van der Waals surface area (Å²) in [4.78, 5) is 12.3. The van der Waals surface area contributed by atoms with Gasteiger partial charge in [0.05, 0.1) is 0 Å². The van der Waals surface area contributed by atoms with E-state index >= 15 is 0 Å². The van der Waals surface area contributed by atoms with Crippen molar-refractivity contribution in [1.29, 1.82) is 0 Å². The first-order chi connectivity index (χ1) is 13.6. The van der Waals surface area contributed by atoms with Crippen LogP contribution >= 0.6 is 0 Å². The number of carbonyl (C=O) groups is 1. The highest BCUT2D eigenvalue weighted by Gasteiger charge is 2.12. The van der Waals surface area contributed by atoms with Crippen LogP contribution in [0.25, 0.3) is 10.8 Å². The Balaban J connectivity index is 1.73. The molecule has 0 aliphatic carbocycles. The molecule has 28 heavy (non-hydrogen) atoms. The monoisotopic (exact) mass is 376 g/mol. The first kappa shape index (κ1) is 19.9. The lowest BCUT2D eigenvalue weighted by Gasteiger charge is -2.17. The molecule has 0 aromatic heterocycles. The van der Waals surface area contributed by atoms with Crippen LogP contribution in [0.1, 0.15) is 31.4 Å². The van der Waals surface area contributed by atoms with E-state index in [-0.39, 0.29) is 12.5 Å². The first-order valence-corrected chi connectivity index (χ1v) is 9.80. The van der Waals surface area contributed by atoms with Crippen molar-refractivity contribution < 1.29 is 9.53 Å². The summed E-state index contributed by atoms with van der Waals surface area (Å²) in [5, 5.41) is 8.72. The lowest BCUT2D eigenvalue weighted by Crippen LogP contribution is -2.25. The average molecular weight is 377 g/mol. The molecule has 4 heteroatoms. The maximum atomic E-state index is 12.3. The smallest absolute Gasteiger partial charge is 0.262 e. The molecule has 0 aliphatic rings. The van der Waals surface area contributed by atoms with Gasteiger partial charge in [-0.25, -0.2) is 0 Å². The van der Waals surface area contributed by atoms with Gasteiger partial charge in [-0.05, 0) is 49.2 Å². The first-order valence-electron chi connectivity index (χ1n) is 9.80. The second-order valence-electron chi connectivity index (χ2n) is 7.16. The van der Waals surface area contributed by atoms with Gasteiger partial charge in [-0.3, -0.25) is 4.79 Å². The van der Waals surface area contributed by atoms with Crippen LogP contribution in [0, 0.1) is 6.92 Å². The van der Waals surface area contributed by atoms with Gasteiger partial charge in [0.15, 0.2) is 6.61 Å². The summed E-state index contributed by atoms with van der Waals surface area (Å²) < 4.78 is 5.92. The third-order valence-electron chi connectivity index (χ3n) is 4.93. The number of fused-ring (bicyclic) bond motifs is 1. The molecule has 1 amide bonds. The summed E-state index contributed by atoms with van der Waals surface area (Å²) in [5.41, 5.74) is 3.02. The van der Waals surface area contributed by atoms with Crippen LogP contribution in [-0.4, -0.2) is 18.6 Å². The summed E-state index contributed by atoms with van der Waals surface area (Å²) in [7, 11) is 0. The Hall–Kier alpha value is -2.85. The van der Waals surface area contributed by atoms with Crippen LogP contribution < -0.4 is 15.4 Å². The molecular weight excluding hydrogens is 348 g/mol. The number of rotatable bonds is 8. The van der Waals surface area contributed by atoms with E-state index < -0.39 is 0 Å². The largest absolute Gasteiger partial charge is 0.483 e. The number of benzene rings is 3. The summed E-state index contributed by atoms with van der Waals surface area (Å²) in [6.45, 7) is 7.02. The van der Waals surface area contributed by atoms with Crippen molar-refractivity contribution in [1.82, 2.24) is 5.32 Å². The van der Waals surface area contributed by atoms with Crippen LogP contribution in [0.2, 0.25) is 0 Å². The zero-order chi connectivity index (χ0) is 19.9. The van der Waals surface area contributed by atoms with Gasteiger partial charge in [-0.2, -0.15) is 0 Å². The fraction of sp³-hybridized carbons (Fsp3) is 0.292. The lowest BCUT2D eigenvalue weighted by molar-refractivity contribution is -0.118. The third-order valence-corrected chi connectivity index (χ3v) is 4.93. The van der Waals surface area contributed by atoms with Crippen molar-refractivity contribution in [3.05, 3.63) is 71.8 Å². The summed E-state index contributed by atoms with van der Waals surface area (Å²) in [6, 6.07) is 20.4. The molecule has 0 spiro atoms. The lowest BCUT2D eigenvalue weighted by atomic mass is 10.0. The number of ether oxygens (including phenoxy) is 1. The molecule has 2 N–H and O–H groups in total. The van der Waals surface area contributed by atoms with E-state index in [1.165, 1.54) is 5.39 Å². The van der Waals surface area contributed by atoms with Crippen LogP contribution in [0.15, 0.2) is 60.7 Å². The van der Waals surface area contributed by atoms with E-state index in [9.17, 15) is 4.79 Å². The summed E-state index contributed by atoms with van der Waals surface area (Å²) in [6.07, 6.45) is 1.06. The fourth-order valence-corrected chi connectivity index (χ4v) is 3.03. The number of anilines is 1. The number of aryl methyl sites for hydroxylation is 1. The normalized spacial score (nSPS) is 12.0. The molecule has 3 rings (SSSR count). The molecule has 0 radical (unpaired) electrons. The predicted octanol–water partition coefficient (Wildman–Crippen LogP) is 5.05. The minimum Gasteiger partial charge on any atom is -0.483 e. The van der Waals surface area contributed by atoms with Gasteiger partial charge in [0, 0.05) is 23.8 Å². The predicted molar refractivity (Wildman–Crippen MR) is 116 cm³/mol. The minimum absolute atomic E-state index is 0.0252. The highest BCUT2D eigenvalue weighted by molar-refractivity contribution is 5.92. The van der Waals surface area contributed by atoms with E-state index in [1.807, 2.05) is 55.5 Å². The van der Waals surface area contributed by atoms with Gasteiger partial charge in [0.25, 0.3) is 5.91 Å². The summed E-state index contributed by atoms with van der Waals surface area (Å²) >= 11 is 0. The highest BCUT2D eigenvalue weighted by atomic mass is 16.5. The summed E-state index contributed by atoms with van der Waals surface area (Å²) in [5.74, 6) is 0.575. The molecule has 0 bridgehead atoms. The van der Waals surface area contributed by atoms with Crippen molar-refractivity contribution >= 4 is 22.4 Å². The molecular formula is C24H28N2O2. The highest BCUT2D eigenvalue weighted by Crippen LogP contribution is 2.28. The molecule has 4 nitrogen and oxygen atoms in total. The minimum atomic E-state index is -0.169. The van der Waals surface area contributed by atoms with Crippen molar-refractivity contribution in [2.45, 2.75) is 39.8 Å². The molecule has 146 valence electrons. The fourth-order valence-electron chi connectivity index (χ4n) is 3.03. The Bertz CT molecular complexity index is 935. The van der Waals surface area contributed by atoms with Crippen molar-refractivity contribution in [2.24, 2.45) is 0 Å². The number of nitrogens with one attached hydrogen (secondary N) is 2. The SMILES string of the molecule is CC[C@H](C)NCc1c(OCC(=O)Nc2ccc(C)cc2)ccc2ccccc12. The van der Waals surface area contributed by atoms with Gasteiger partial charge in [0.2, 0.25) is 0 Å². The van der Waals surface area contributed by atoms with Gasteiger partial charge in [-0.1, -0.05) is 55.0 Å². The average Bonchev–Trinajstić information content (AvgIpc) is 2.72. The molecule has 1 atom stereocenters. The number of carbonyl (C=O) groups excluding carboxylic acids is 1. The van der Waals surface area contributed by atoms with Crippen LogP contribution in [0.3, 0.4) is 0 Å². The molecule has 0 unspecified atom stereocenters. The molecule has 0 fully saturated rings. The molecule has 0 aliphatic heterocycles. The second-order valence-corrected chi connectivity index (χ2v) is 7.16. The Morgan fingerprint density at radius 1 is 1.04 bits per heavy atom. The van der Waals surface area contributed by atoms with Crippen LogP contribution in [0.5, 0.6) is 5.75 Å². The quantitative estimate of drug-likeness (QED) is 0.578. The second kappa shape index (κ2) is 9.38. The van der Waals surface area contributed by atoms with E-state index in [2.05, 4.69) is 36.6 Å². The van der Waals surface area contributed by atoms with Gasteiger partial charge >= 0.3 is 0 Å². The molecule has 3 aromatic rings. The van der Waals surface area contributed by atoms with E-state index in [0.29, 0.717) is 12.6 Å². The topological polar surface area (TPSA) is 50.4 Å². The standard InChI is InChI=1S/C24H28N2O2/c1-4-18(3)25-15-22-21-8-6-5-7-19(21)11-14-23(22)28-16-24(27)26-20-12-9-17(2)10-13-20/h5-14,18,25H,4,15-16H2,1-3H3,(H,26,27)/t18-/m0/s1. The van der Waals surface area contributed by atoms with Gasteiger partial charge in [0.1, 0.15) is 5.75 Å². The van der Waals surface area contributed by atoms with Gasteiger partial charge < -0.3 is 15.4 Å². The van der Waals surface area contributed by atoms with Crippen LogP contribution in [0.4, 0.5) is 5.69 Å². The molecule has 0 saturated carbocycles. The molecule has 0 saturated heterocycles. The molecule has 3 aromatic carbocycles. The zero-order valence-corrected chi connectivity index (χ0v) is 16.8. The van der Waals surface area contributed by atoms with E-state index in [1.54, 1.807) is 0 Å². The Morgan fingerprint density at radius 3 is 2.54 bits per heavy atom. The van der Waals surface area contributed by atoms with Crippen molar-refractivity contribution in [2.75, 3.05) is 11.9 Å². The number of hydrogen-bond acceptors (Lipinski definition) is 3. The molecule has 0 heterocycles. The van der Waals surface area contributed by atoms with E-state index in [4.69, 9.17) is 4.74 Å². The Kier molecular flexibility index (Phi) is 6.66. The number of amides is 1. The maximum Gasteiger partial charge on any atom is 0.262 e. The zero-order valence-electron chi connectivity index (χ0n) is 16.8. The number of hydrogen-bond donors (Lipinski definition) is 2. The van der Waals surface area contributed by atoms with Crippen LogP contribution in [-0.2, 0) is 11.3 Å². The van der Waals surface area contributed by atoms with Crippen molar-refractivity contribution in [3.8, 4) is 5.75 Å². The van der Waals surface area contributed by atoms with E-state index in [0.717, 1.165) is 34.4 Å². The Labute approximate surface area is 166 Å².